The van der Waals surface area contributed by atoms with Crippen LogP contribution in [0.25, 0.3) is 0 Å². The number of rotatable bonds is 7. The van der Waals surface area contributed by atoms with Crippen molar-refractivity contribution < 1.29 is 9.31 Å². The van der Waals surface area contributed by atoms with E-state index in [0.717, 1.165) is 6.42 Å². The molecule has 0 amide bonds. The van der Waals surface area contributed by atoms with Gasteiger partial charge in [-0.2, -0.15) is 0 Å². The van der Waals surface area contributed by atoms with Crippen molar-refractivity contribution in [3.63, 3.8) is 0 Å². The van der Waals surface area contributed by atoms with Crippen LogP contribution < -0.4 is 0 Å². The summed E-state index contributed by atoms with van der Waals surface area (Å²) >= 11 is 0. The van der Waals surface area contributed by atoms with E-state index in [1.165, 1.54) is 5.57 Å². The van der Waals surface area contributed by atoms with Gasteiger partial charge in [0.1, 0.15) is 0 Å². The maximum absolute atomic E-state index is 5.65. The highest BCUT2D eigenvalue weighted by Gasteiger charge is 2.18. The van der Waals surface area contributed by atoms with Crippen LogP contribution in [0.2, 0.25) is 0 Å². The van der Waals surface area contributed by atoms with Crippen LogP contribution in [0.3, 0.4) is 0 Å². The molecule has 0 aliphatic carbocycles. The van der Waals surface area contributed by atoms with Crippen molar-refractivity contribution in [3.05, 3.63) is 24.2 Å². The van der Waals surface area contributed by atoms with Gasteiger partial charge in [-0.1, -0.05) is 17.6 Å². The molecule has 0 aromatic heterocycles. The predicted octanol–water partition coefficient (Wildman–Crippen LogP) is 3.39. The van der Waals surface area contributed by atoms with Crippen molar-refractivity contribution in [2.75, 3.05) is 0 Å². The average molecular weight is 210 g/mol. The summed E-state index contributed by atoms with van der Waals surface area (Å²) in [7, 11) is -0.245. The van der Waals surface area contributed by atoms with Crippen LogP contribution in [0, 0.1) is 0 Å². The van der Waals surface area contributed by atoms with Crippen LogP contribution in [-0.4, -0.2) is 19.3 Å². The van der Waals surface area contributed by atoms with Crippen molar-refractivity contribution in [1.29, 1.82) is 0 Å². The first-order chi connectivity index (χ1) is 6.95. The first-order valence-corrected chi connectivity index (χ1v) is 5.54. The highest BCUT2D eigenvalue weighted by atomic mass is 16.6. The number of allylic oxidation sites excluding steroid dienone is 2. The van der Waals surface area contributed by atoms with Gasteiger partial charge in [0.25, 0.3) is 0 Å². The molecule has 0 aromatic rings. The molecule has 0 aromatic carbocycles. The molecule has 0 aliphatic rings. The van der Waals surface area contributed by atoms with Crippen molar-refractivity contribution in [2.24, 2.45) is 0 Å². The quantitative estimate of drug-likeness (QED) is 0.473. The van der Waals surface area contributed by atoms with E-state index in [-0.39, 0.29) is 19.3 Å². The van der Waals surface area contributed by atoms with Gasteiger partial charge in [-0.05, 0) is 41.0 Å². The lowest BCUT2D eigenvalue weighted by atomic mass is 9.85. The fourth-order valence-corrected chi connectivity index (χ4v) is 1.18. The van der Waals surface area contributed by atoms with Crippen LogP contribution >= 0.6 is 0 Å². The summed E-state index contributed by atoms with van der Waals surface area (Å²) in [5.74, 6) is 2.02. The molecule has 0 unspecified atom stereocenters. The Hall–Kier alpha value is -0.535. The molecule has 0 bridgehead atoms. The lowest BCUT2D eigenvalue weighted by Gasteiger charge is -2.17. The normalized spacial score (nSPS) is 12.3. The Labute approximate surface area is 94.5 Å². The SMILES string of the molecule is C=CC/C(C)=C/B(OC(C)C)OC(C)C. The minimum Gasteiger partial charge on any atom is -0.405 e. The summed E-state index contributed by atoms with van der Waals surface area (Å²) < 4.78 is 11.3. The minimum atomic E-state index is -0.245. The molecule has 0 heterocycles. The van der Waals surface area contributed by atoms with Gasteiger partial charge >= 0.3 is 7.12 Å². The summed E-state index contributed by atoms with van der Waals surface area (Å²) in [5.41, 5.74) is 1.22. The molecule has 0 fully saturated rings. The summed E-state index contributed by atoms with van der Waals surface area (Å²) in [4.78, 5) is 0. The molecule has 3 heteroatoms. The Morgan fingerprint density at radius 2 is 1.67 bits per heavy atom. The zero-order valence-corrected chi connectivity index (χ0v) is 10.6. The third-order valence-corrected chi connectivity index (χ3v) is 1.70. The summed E-state index contributed by atoms with van der Waals surface area (Å²) in [5, 5.41) is 0. The molecule has 0 aliphatic heterocycles. The van der Waals surface area contributed by atoms with E-state index in [9.17, 15) is 0 Å². The van der Waals surface area contributed by atoms with Gasteiger partial charge in [-0.15, -0.1) is 6.58 Å². The molecule has 0 rings (SSSR count). The largest absolute Gasteiger partial charge is 0.486 e. The molecule has 0 spiro atoms. The van der Waals surface area contributed by atoms with E-state index in [1.807, 2.05) is 39.7 Å². The second kappa shape index (κ2) is 7.72. The Kier molecular flexibility index (Phi) is 7.44. The molecule has 0 saturated carbocycles. The van der Waals surface area contributed by atoms with E-state index >= 15 is 0 Å². The summed E-state index contributed by atoms with van der Waals surface area (Å²) in [6.45, 7) is 13.8. The minimum absolute atomic E-state index is 0.168. The molecule has 0 N–H and O–H groups in total. The van der Waals surface area contributed by atoms with Crippen LogP contribution in [0.5, 0.6) is 0 Å². The second-order valence-corrected chi connectivity index (χ2v) is 4.24. The Balaban J connectivity index is 4.34. The topological polar surface area (TPSA) is 18.5 Å². The lowest BCUT2D eigenvalue weighted by molar-refractivity contribution is 0.138. The summed E-state index contributed by atoms with van der Waals surface area (Å²) in [6.07, 6.45) is 3.09. The van der Waals surface area contributed by atoms with Gasteiger partial charge < -0.3 is 9.31 Å². The zero-order valence-electron chi connectivity index (χ0n) is 10.6. The van der Waals surface area contributed by atoms with Crippen LogP contribution in [0.15, 0.2) is 24.2 Å². The maximum atomic E-state index is 5.65. The first kappa shape index (κ1) is 14.5. The van der Waals surface area contributed by atoms with E-state index in [4.69, 9.17) is 9.31 Å². The zero-order chi connectivity index (χ0) is 11.8. The number of hydrogen-bond acceptors (Lipinski definition) is 2. The fourth-order valence-electron chi connectivity index (χ4n) is 1.18. The third kappa shape index (κ3) is 8.46. The van der Waals surface area contributed by atoms with Crippen molar-refractivity contribution >= 4 is 7.12 Å². The average Bonchev–Trinajstić information content (AvgIpc) is 2.00. The molecule has 2 nitrogen and oxygen atoms in total. The molecule has 86 valence electrons. The van der Waals surface area contributed by atoms with Crippen LogP contribution in [0.4, 0.5) is 0 Å². The number of hydrogen-bond donors (Lipinski definition) is 0. The van der Waals surface area contributed by atoms with E-state index in [1.54, 1.807) is 0 Å². The molecular weight excluding hydrogens is 187 g/mol. The van der Waals surface area contributed by atoms with Gasteiger partial charge in [-0.3, -0.25) is 0 Å². The standard InChI is InChI=1S/C12H23BO2/c1-7-8-12(6)9-13(14-10(2)3)15-11(4)5/h7,9-11H,1,8H2,2-6H3/b12-9+. The predicted molar refractivity (Wildman–Crippen MR) is 66.8 cm³/mol. The Bertz CT molecular complexity index is 200. The van der Waals surface area contributed by atoms with Crippen molar-refractivity contribution in [2.45, 2.75) is 53.2 Å². The van der Waals surface area contributed by atoms with E-state index in [2.05, 4.69) is 13.5 Å². The molecule has 0 radical (unpaired) electrons. The first-order valence-electron chi connectivity index (χ1n) is 5.54. The van der Waals surface area contributed by atoms with Crippen LogP contribution in [0.1, 0.15) is 41.0 Å². The van der Waals surface area contributed by atoms with Crippen LogP contribution in [-0.2, 0) is 9.31 Å². The van der Waals surface area contributed by atoms with Crippen molar-refractivity contribution in [3.8, 4) is 0 Å². The third-order valence-electron chi connectivity index (χ3n) is 1.70. The van der Waals surface area contributed by atoms with Crippen molar-refractivity contribution in [1.82, 2.24) is 0 Å². The van der Waals surface area contributed by atoms with Gasteiger partial charge in [0.2, 0.25) is 0 Å². The Morgan fingerprint density at radius 1 is 1.20 bits per heavy atom. The molecule has 15 heavy (non-hydrogen) atoms. The van der Waals surface area contributed by atoms with E-state index < -0.39 is 0 Å². The van der Waals surface area contributed by atoms with Gasteiger partial charge in [-0.25, -0.2) is 0 Å². The van der Waals surface area contributed by atoms with Gasteiger partial charge in [0.15, 0.2) is 0 Å². The molecular formula is C12H23BO2. The smallest absolute Gasteiger partial charge is 0.405 e. The maximum Gasteiger partial charge on any atom is 0.486 e. The highest BCUT2D eigenvalue weighted by Crippen LogP contribution is 2.07. The molecule has 0 saturated heterocycles. The summed E-state index contributed by atoms with van der Waals surface area (Å²) in [6, 6.07) is 0. The lowest BCUT2D eigenvalue weighted by Crippen LogP contribution is -2.28. The molecule has 0 atom stereocenters. The van der Waals surface area contributed by atoms with Gasteiger partial charge in [0.05, 0.1) is 0 Å². The fraction of sp³-hybridized carbons (Fsp3) is 0.667. The monoisotopic (exact) mass is 210 g/mol. The van der Waals surface area contributed by atoms with Gasteiger partial charge in [0, 0.05) is 12.2 Å². The van der Waals surface area contributed by atoms with E-state index in [0.29, 0.717) is 0 Å². The Morgan fingerprint density at radius 3 is 2.00 bits per heavy atom. The highest BCUT2D eigenvalue weighted by molar-refractivity contribution is 6.51. The second-order valence-electron chi connectivity index (χ2n) is 4.24.